The number of ketones is 2. The molecule has 0 unspecified atom stereocenters. The molecule has 0 spiro atoms. The average molecular weight is 378 g/mol. The van der Waals surface area contributed by atoms with Gasteiger partial charge in [-0.25, -0.2) is 0 Å². The molecule has 1 saturated carbocycles. The number of rotatable bonds is 8. The van der Waals surface area contributed by atoms with Crippen LogP contribution in [0, 0.1) is 0 Å². The predicted molar refractivity (Wildman–Crippen MR) is 106 cm³/mol. The molecular weight excluding hydrogens is 350 g/mol. The minimum absolute atomic E-state index is 0. The van der Waals surface area contributed by atoms with Crippen LogP contribution < -0.4 is 5.32 Å². The second-order valence-electron chi connectivity index (χ2n) is 6.95. The second-order valence-corrected chi connectivity index (χ2v) is 6.95. The van der Waals surface area contributed by atoms with Gasteiger partial charge in [0.05, 0.1) is 6.61 Å². The summed E-state index contributed by atoms with van der Waals surface area (Å²) in [5.74, 6) is -0.414. The van der Waals surface area contributed by atoms with E-state index in [1.165, 1.54) is 38.2 Å². The highest BCUT2D eigenvalue weighted by atomic mass is 35.5. The van der Waals surface area contributed by atoms with Crippen LogP contribution >= 0.6 is 12.4 Å². The largest absolute Gasteiger partial charge is 0.493 e. The number of fused-ring (bicyclic) bond motifs is 1. The van der Waals surface area contributed by atoms with E-state index in [1.54, 1.807) is 12.1 Å². The zero-order chi connectivity index (χ0) is 17.5. The third-order valence-electron chi connectivity index (χ3n) is 5.04. The molecule has 2 aliphatic carbocycles. The maximum absolute atomic E-state index is 11.9. The first-order valence-corrected chi connectivity index (χ1v) is 9.51. The van der Waals surface area contributed by atoms with Crippen molar-refractivity contribution in [2.24, 2.45) is 0 Å². The van der Waals surface area contributed by atoms with Crippen LogP contribution in [0.1, 0.15) is 67.3 Å². The van der Waals surface area contributed by atoms with Crippen LogP contribution in [0.5, 0.6) is 0 Å². The fraction of sp³-hybridized carbons (Fsp3) is 0.524. The number of benzene rings is 1. The van der Waals surface area contributed by atoms with Crippen LogP contribution in [0.25, 0.3) is 5.76 Å². The molecule has 2 aliphatic rings. The Morgan fingerprint density at radius 2 is 1.69 bits per heavy atom. The number of unbranched alkanes of at least 4 members (excludes halogenated alkanes) is 2. The molecule has 0 heterocycles. The van der Waals surface area contributed by atoms with Crippen LogP contribution in [0.15, 0.2) is 30.3 Å². The highest BCUT2D eigenvalue weighted by Crippen LogP contribution is 2.26. The number of Topliss-reactive ketones (excluding diaryl/α,β-unsaturated/α-hetero) is 1. The van der Waals surface area contributed by atoms with E-state index >= 15 is 0 Å². The van der Waals surface area contributed by atoms with Gasteiger partial charge in [0.2, 0.25) is 11.6 Å². The van der Waals surface area contributed by atoms with Crippen molar-refractivity contribution in [1.29, 1.82) is 0 Å². The Hall–Kier alpha value is -1.65. The number of allylic oxidation sites excluding steroid dienone is 1. The van der Waals surface area contributed by atoms with Crippen molar-refractivity contribution < 1.29 is 14.3 Å². The zero-order valence-corrected chi connectivity index (χ0v) is 16.0. The normalized spacial score (nSPS) is 17.3. The molecule has 1 aromatic rings. The third-order valence-corrected chi connectivity index (χ3v) is 5.04. The Balaban J connectivity index is 0.00000243. The van der Waals surface area contributed by atoms with Crippen molar-refractivity contribution in [2.75, 3.05) is 13.2 Å². The lowest BCUT2D eigenvalue weighted by Gasteiger charge is -2.22. The Morgan fingerprint density at radius 1 is 0.962 bits per heavy atom. The van der Waals surface area contributed by atoms with E-state index in [4.69, 9.17) is 4.74 Å². The minimum atomic E-state index is -0.495. The first kappa shape index (κ1) is 20.7. The van der Waals surface area contributed by atoms with Gasteiger partial charge in [-0.15, -0.1) is 12.4 Å². The van der Waals surface area contributed by atoms with Crippen LogP contribution in [0.2, 0.25) is 0 Å². The molecule has 1 fully saturated rings. The van der Waals surface area contributed by atoms with E-state index in [0.717, 1.165) is 37.4 Å². The van der Waals surface area contributed by atoms with Gasteiger partial charge in [0.15, 0.2) is 0 Å². The zero-order valence-electron chi connectivity index (χ0n) is 15.2. The molecule has 5 heteroatoms. The Labute approximate surface area is 161 Å². The molecule has 0 bridgehead atoms. The Kier molecular flexibility index (Phi) is 8.33. The summed E-state index contributed by atoms with van der Waals surface area (Å²) < 4.78 is 5.79. The summed E-state index contributed by atoms with van der Waals surface area (Å²) >= 11 is 0. The van der Waals surface area contributed by atoms with Crippen molar-refractivity contribution in [1.82, 2.24) is 5.32 Å². The van der Waals surface area contributed by atoms with Gasteiger partial charge >= 0.3 is 0 Å². The summed E-state index contributed by atoms with van der Waals surface area (Å²) in [7, 11) is 0. The van der Waals surface area contributed by atoms with Gasteiger partial charge in [0.1, 0.15) is 5.76 Å². The molecule has 0 amide bonds. The number of nitrogens with one attached hydrogen (secondary N) is 1. The Bertz CT molecular complexity index is 650. The minimum Gasteiger partial charge on any atom is -0.493 e. The molecule has 3 rings (SSSR count). The summed E-state index contributed by atoms with van der Waals surface area (Å²) in [5, 5.41) is 3.65. The topological polar surface area (TPSA) is 55.4 Å². The highest BCUT2D eigenvalue weighted by molar-refractivity contribution is 6.50. The van der Waals surface area contributed by atoms with Gasteiger partial charge in [-0.05, 0) is 38.6 Å². The lowest BCUT2D eigenvalue weighted by Crippen LogP contribution is -2.31. The van der Waals surface area contributed by atoms with E-state index in [-0.39, 0.29) is 12.4 Å². The van der Waals surface area contributed by atoms with Gasteiger partial charge in [-0.3, -0.25) is 9.59 Å². The number of halogens is 1. The van der Waals surface area contributed by atoms with Crippen LogP contribution in [0.4, 0.5) is 0 Å². The van der Waals surface area contributed by atoms with Gasteiger partial charge < -0.3 is 10.1 Å². The number of ether oxygens (including phenoxy) is 1. The molecule has 142 valence electrons. The van der Waals surface area contributed by atoms with E-state index in [1.807, 2.05) is 12.1 Å². The van der Waals surface area contributed by atoms with Gasteiger partial charge in [0.25, 0.3) is 0 Å². The monoisotopic (exact) mass is 377 g/mol. The first-order chi connectivity index (χ1) is 12.3. The molecule has 0 aromatic heterocycles. The van der Waals surface area contributed by atoms with E-state index in [0.29, 0.717) is 17.9 Å². The molecule has 0 atom stereocenters. The molecule has 1 N–H and O–H groups in total. The van der Waals surface area contributed by atoms with Crippen LogP contribution in [0.3, 0.4) is 0 Å². The Morgan fingerprint density at radius 3 is 2.46 bits per heavy atom. The molecule has 4 nitrogen and oxygen atoms in total. The van der Waals surface area contributed by atoms with E-state index < -0.39 is 11.6 Å². The van der Waals surface area contributed by atoms with E-state index in [2.05, 4.69) is 5.32 Å². The molecule has 0 saturated heterocycles. The van der Waals surface area contributed by atoms with Crippen molar-refractivity contribution in [3.63, 3.8) is 0 Å². The SMILES string of the molecule is Cl.O=C1C=C(OCCCCCNC2CCCCC2)c2ccccc2C1=O. The van der Waals surface area contributed by atoms with Crippen molar-refractivity contribution >= 4 is 29.7 Å². The fourth-order valence-electron chi connectivity index (χ4n) is 3.61. The third kappa shape index (κ3) is 5.42. The lowest BCUT2D eigenvalue weighted by molar-refractivity contribution is -0.111. The van der Waals surface area contributed by atoms with Gasteiger partial charge in [0, 0.05) is 23.2 Å². The van der Waals surface area contributed by atoms with Crippen LogP contribution in [-0.2, 0) is 9.53 Å². The summed E-state index contributed by atoms with van der Waals surface area (Å²) in [6.07, 6.45) is 11.3. The smallest absolute Gasteiger partial charge is 0.233 e. The lowest BCUT2D eigenvalue weighted by atomic mass is 9.94. The molecular formula is C21H28ClNO3. The molecule has 0 aliphatic heterocycles. The van der Waals surface area contributed by atoms with Crippen molar-refractivity contribution in [3.8, 4) is 0 Å². The average Bonchev–Trinajstić information content (AvgIpc) is 2.65. The summed E-state index contributed by atoms with van der Waals surface area (Å²) in [4.78, 5) is 23.7. The summed E-state index contributed by atoms with van der Waals surface area (Å²) in [6.45, 7) is 1.65. The van der Waals surface area contributed by atoms with E-state index in [9.17, 15) is 9.59 Å². The van der Waals surface area contributed by atoms with Gasteiger partial charge in [-0.1, -0.05) is 43.5 Å². The van der Waals surface area contributed by atoms with Crippen molar-refractivity contribution in [2.45, 2.75) is 57.4 Å². The standard InChI is InChI=1S/C21H27NO3.ClH/c23-19-15-20(17-11-5-6-12-18(17)21(19)24)25-14-8-2-7-13-22-16-9-3-1-4-10-16;/h5-6,11-12,15-16,22H,1-4,7-10,13-14H2;1H. The van der Waals surface area contributed by atoms with Gasteiger partial charge in [-0.2, -0.15) is 0 Å². The summed E-state index contributed by atoms with van der Waals surface area (Å²) in [5.41, 5.74) is 1.17. The maximum Gasteiger partial charge on any atom is 0.233 e. The number of carbonyl (C=O) groups excluding carboxylic acids is 2. The summed E-state index contributed by atoms with van der Waals surface area (Å²) in [6, 6.07) is 7.86. The fourth-order valence-corrected chi connectivity index (χ4v) is 3.61. The molecule has 1 aromatic carbocycles. The quantitative estimate of drug-likeness (QED) is 0.541. The first-order valence-electron chi connectivity index (χ1n) is 9.51. The number of carbonyl (C=O) groups is 2. The predicted octanol–water partition coefficient (Wildman–Crippen LogP) is 4.32. The van der Waals surface area contributed by atoms with Crippen LogP contribution in [-0.4, -0.2) is 30.8 Å². The number of hydrogen-bond acceptors (Lipinski definition) is 4. The van der Waals surface area contributed by atoms with Crippen molar-refractivity contribution in [3.05, 3.63) is 41.5 Å². The second kappa shape index (κ2) is 10.5. The molecule has 0 radical (unpaired) electrons. The highest BCUT2D eigenvalue weighted by Gasteiger charge is 2.26. The molecule has 26 heavy (non-hydrogen) atoms. The maximum atomic E-state index is 11.9. The number of hydrogen-bond donors (Lipinski definition) is 1.